The summed E-state index contributed by atoms with van der Waals surface area (Å²) in [4.78, 5) is 0. The van der Waals surface area contributed by atoms with E-state index in [4.69, 9.17) is 5.11 Å². The molecule has 0 saturated carbocycles. The highest BCUT2D eigenvalue weighted by Crippen LogP contribution is 1.91. The van der Waals surface area contributed by atoms with Crippen LogP contribution in [-0.2, 0) is 0 Å². The standard InChI is InChI=1S/C9H16O/c1-3-5-6-7-8-9(10)4-2/h5-10H,3-4H2,1-2H3/b6-5-,8-7+/t9-/m1/s1. The molecule has 0 bridgehead atoms. The van der Waals surface area contributed by atoms with E-state index >= 15 is 0 Å². The van der Waals surface area contributed by atoms with E-state index < -0.39 is 0 Å². The van der Waals surface area contributed by atoms with Crippen molar-refractivity contribution in [2.75, 3.05) is 0 Å². The predicted molar refractivity (Wildman–Crippen MR) is 44.9 cm³/mol. The molecule has 0 spiro atoms. The number of aliphatic hydroxyl groups excluding tert-OH is 1. The highest BCUT2D eigenvalue weighted by molar-refractivity contribution is 5.04. The van der Waals surface area contributed by atoms with Gasteiger partial charge in [0.15, 0.2) is 0 Å². The van der Waals surface area contributed by atoms with E-state index in [1.165, 1.54) is 0 Å². The third kappa shape index (κ3) is 5.57. The molecule has 0 aliphatic carbocycles. The van der Waals surface area contributed by atoms with Gasteiger partial charge in [-0.05, 0) is 12.8 Å². The Hall–Kier alpha value is -0.560. The number of hydrogen-bond acceptors (Lipinski definition) is 1. The second-order valence-electron chi connectivity index (χ2n) is 2.20. The fourth-order valence-electron chi connectivity index (χ4n) is 0.543. The van der Waals surface area contributed by atoms with Crippen LogP contribution in [-0.4, -0.2) is 11.2 Å². The van der Waals surface area contributed by atoms with Crippen LogP contribution in [0.5, 0.6) is 0 Å². The molecular weight excluding hydrogens is 124 g/mol. The summed E-state index contributed by atoms with van der Waals surface area (Å²) in [7, 11) is 0. The third-order valence-corrected chi connectivity index (χ3v) is 1.23. The van der Waals surface area contributed by atoms with Crippen molar-refractivity contribution in [1.29, 1.82) is 0 Å². The van der Waals surface area contributed by atoms with Gasteiger partial charge in [-0.3, -0.25) is 0 Å². The lowest BCUT2D eigenvalue weighted by Gasteiger charge is -1.95. The number of rotatable bonds is 4. The van der Waals surface area contributed by atoms with E-state index in [-0.39, 0.29) is 6.10 Å². The number of allylic oxidation sites excluding steroid dienone is 3. The summed E-state index contributed by atoms with van der Waals surface area (Å²) in [6, 6.07) is 0. The summed E-state index contributed by atoms with van der Waals surface area (Å²) in [6.45, 7) is 4.04. The Balaban J connectivity index is 3.44. The minimum atomic E-state index is -0.276. The molecule has 0 fully saturated rings. The van der Waals surface area contributed by atoms with Crippen molar-refractivity contribution in [2.24, 2.45) is 0 Å². The van der Waals surface area contributed by atoms with E-state index in [0.717, 1.165) is 12.8 Å². The molecule has 0 aliphatic heterocycles. The van der Waals surface area contributed by atoms with E-state index in [9.17, 15) is 0 Å². The van der Waals surface area contributed by atoms with Crippen LogP contribution in [0, 0.1) is 0 Å². The average molecular weight is 140 g/mol. The summed E-state index contributed by atoms with van der Waals surface area (Å²) in [5.41, 5.74) is 0. The van der Waals surface area contributed by atoms with Gasteiger partial charge in [0.1, 0.15) is 0 Å². The molecule has 58 valence electrons. The molecule has 1 atom stereocenters. The van der Waals surface area contributed by atoms with Gasteiger partial charge in [-0.1, -0.05) is 38.2 Å². The first-order valence-corrected chi connectivity index (χ1v) is 3.82. The van der Waals surface area contributed by atoms with Gasteiger partial charge in [0, 0.05) is 0 Å². The van der Waals surface area contributed by atoms with Crippen molar-refractivity contribution < 1.29 is 5.11 Å². The van der Waals surface area contributed by atoms with Gasteiger partial charge in [0.05, 0.1) is 6.10 Å². The summed E-state index contributed by atoms with van der Waals surface area (Å²) in [5.74, 6) is 0. The van der Waals surface area contributed by atoms with Crippen LogP contribution in [0.3, 0.4) is 0 Å². The van der Waals surface area contributed by atoms with Gasteiger partial charge in [-0.15, -0.1) is 0 Å². The summed E-state index contributed by atoms with van der Waals surface area (Å²) >= 11 is 0. The predicted octanol–water partition coefficient (Wildman–Crippen LogP) is 2.28. The Kier molecular flexibility index (Phi) is 6.19. The summed E-state index contributed by atoms with van der Waals surface area (Å²) in [6.07, 6.45) is 9.26. The zero-order valence-electron chi connectivity index (χ0n) is 6.75. The van der Waals surface area contributed by atoms with Crippen LogP contribution in [0.2, 0.25) is 0 Å². The maximum Gasteiger partial charge on any atom is 0.0721 e. The summed E-state index contributed by atoms with van der Waals surface area (Å²) in [5, 5.41) is 9.04. The van der Waals surface area contributed by atoms with Crippen LogP contribution in [0.25, 0.3) is 0 Å². The van der Waals surface area contributed by atoms with Gasteiger partial charge >= 0.3 is 0 Å². The van der Waals surface area contributed by atoms with Gasteiger partial charge in [0.2, 0.25) is 0 Å². The van der Waals surface area contributed by atoms with Gasteiger partial charge in [-0.25, -0.2) is 0 Å². The van der Waals surface area contributed by atoms with E-state index in [2.05, 4.69) is 13.0 Å². The van der Waals surface area contributed by atoms with Crippen molar-refractivity contribution in [2.45, 2.75) is 32.8 Å². The van der Waals surface area contributed by atoms with Crippen LogP contribution in [0.15, 0.2) is 24.3 Å². The van der Waals surface area contributed by atoms with Gasteiger partial charge < -0.3 is 5.11 Å². The van der Waals surface area contributed by atoms with Crippen LogP contribution in [0.4, 0.5) is 0 Å². The lowest BCUT2D eigenvalue weighted by atomic mass is 10.2. The summed E-state index contributed by atoms with van der Waals surface area (Å²) < 4.78 is 0. The van der Waals surface area contributed by atoms with Crippen molar-refractivity contribution in [3.63, 3.8) is 0 Å². The maximum absolute atomic E-state index is 9.04. The molecule has 0 radical (unpaired) electrons. The van der Waals surface area contributed by atoms with Crippen molar-refractivity contribution in [1.82, 2.24) is 0 Å². The Bertz CT molecular complexity index is 114. The first kappa shape index (κ1) is 9.44. The molecule has 1 heteroatoms. The van der Waals surface area contributed by atoms with Crippen molar-refractivity contribution in [3.05, 3.63) is 24.3 Å². The van der Waals surface area contributed by atoms with Crippen LogP contribution < -0.4 is 0 Å². The van der Waals surface area contributed by atoms with E-state index in [1.807, 2.05) is 19.1 Å². The van der Waals surface area contributed by atoms with E-state index in [1.54, 1.807) is 6.08 Å². The number of hydrogen-bond donors (Lipinski definition) is 1. The molecule has 0 amide bonds. The van der Waals surface area contributed by atoms with Gasteiger partial charge in [0.25, 0.3) is 0 Å². The first-order valence-electron chi connectivity index (χ1n) is 3.82. The van der Waals surface area contributed by atoms with Crippen LogP contribution in [0.1, 0.15) is 26.7 Å². The van der Waals surface area contributed by atoms with E-state index in [0.29, 0.717) is 0 Å². The lowest BCUT2D eigenvalue weighted by molar-refractivity contribution is 0.219. The highest BCUT2D eigenvalue weighted by Gasteiger charge is 1.88. The molecule has 0 aromatic rings. The molecule has 0 unspecified atom stereocenters. The average Bonchev–Trinajstić information content (AvgIpc) is 1.98. The van der Waals surface area contributed by atoms with Crippen LogP contribution >= 0.6 is 0 Å². The SMILES string of the molecule is CC/C=C\C=C\[C@H](O)CC. The zero-order valence-corrected chi connectivity index (χ0v) is 6.75. The minimum Gasteiger partial charge on any atom is -0.389 e. The molecule has 10 heavy (non-hydrogen) atoms. The largest absolute Gasteiger partial charge is 0.389 e. The molecule has 0 heterocycles. The fraction of sp³-hybridized carbons (Fsp3) is 0.556. The molecule has 1 nitrogen and oxygen atoms in total. The third-order valence-electron chi connectivity index (χ3n) is 1.23. The monoisotopic (exact) mass is 140 g/mol. The Morgan fingerprint density at radius 2 is 2.00 bits per heavy atom. The molecule has 0 rings (SSSR count). The topological polar surface area (TPSA) is 20.2 Å². The number of aliphatic hydroxyl groups is 1. The molecule has 1 N–H and O–H groups in total. The Morgan fingerprint density at radius 1 is 1.30 bits per heavy atom. The lowest BCUT2D eigenvalue weighted by Crippen LogP contribution is -1.97. The fourth-order valence-corrected chi connectivity index (χ4v) is 0.543. The van der Waals surface area contributed by atoms with Gasteiger partial charge in [-0.2, -0.15) is 0 Å². The minimum absolute atomic E-state index is 0.276. The molecule has 0 aromatic heterocycles. The van der Waals surface area contributed by atoms with Crippen molar-refractivity contribution in [3.8, 4) is 0 Å². The van der Waals surface area contributed by atoms with Crippen molar-refractivity contribution >= 4 is 0 Å². The zero-order chi connectivity index (χ0) is 7.82. The second-order valence-corrected chi connectivity index (χ2v) is 2.20. The molecule has 0 aromatic carbocycles. The normalized spacial score (nSPS) is 15.1. The molecular formula is C9H16O. The smallest absolute Gasteiger partial charge is 0.0721 e. The quantitative estimate of drug-likeness (QED) is 0.594. The Morgan fingerprint density at radius 3 is 2.50 bits per heavy atom. The molecule has 0 saturated heterocycles. The molecule has 0 aliphatic rings. The maximum atomic E-state index is 9.04. The Labute approximate surface area is 63.1 Å². The first-order chi connectivity index (χ1) is 4.81. The second kappa shape index (κ2) is 6.56. The highest BCUT2D eigenvalue weighted by atomic mass is 16.3.